The van der Waals surface area contributed by atoms with Crippen LogP contribution in [0.15, 0.2) is 58.4 Å². The number of piperidine rings is 1. The summed E-state index contributed by atoms with van der Waals surface area (Å²) < 4.78 is 38.1. The van der Waals surface area contributed by atoms with Crippen LogP contribution in [0.3, 0.4) is 0 Å². The van der Waals surface area contributed by atoms with Crippen LogP contribution < -0.4 is 26.2 Å². The Morgan fingerprint density at radius 1 is 1.12 bits per heavy atom. The summed E-state index contributed by atoms with van der Waals surface area (Å²) >= 11 is 5.96. The van der Waals surface area contributed by atoms with Gasteiger partial charge in [-0.3, -0.25) is 13.8 Å². The second kappa shape index (κ2) is 10.2. The van der Waals surface area contributed by atoms with Crippen LogP contribution in [-0.2, 0) is 6.54 Å². The molecule has 0 radical (unpaired) electrons. The molecule has 10 nitrogen and oxygen atoms in total. The van der Waals surface area contributed by atoms with Gasteiger partial charge in [0.2, 0.25) is 5.88 Å². The number of methoxy groups -OCH3 is 1. The molecule has 2 atom stereocenters. The minimum Gasteiger partial charge on any atom is -0.480 e. The Morgan fingerprint density at radius 3 is 2.64 bits per heavy atom. The number of pyridine rings is 2. The second-order valence-corrected chi connectivity index (χ2v) is 11.0. The third-order valence-corrected chi connectivity index (χ3v) is 8.45. The van der Waals surface area contributed by atoms with E-state index in [1.807, 2.05) is 0 Å². The Morgan fingerprint density at radius 2 is 1.90 bits per heavy atom. The van der Waals surface area contributed by atoms with Crippen LogP contribution in [0.2, 0.25) is 5.02 Å². The molecule has 0 saturated carbocycles. The van der Waals surface area contributed by atoms with E-state index in [9.17, 15) is 18.4 Å². The average molecular weight is 594 g/mol. The zero-order valence-corrected chi connectivity index (χ0v) is 23.3. The molecular weight excluding hydrogens is 568 g/mol. The number of aromatic nitrogens is 5. The molecule has 1 aromatic carbocycles. The molecule has 42 heavy (non-hydrogen) atoms. The Balaban J connectivity index is 1.53. The molecule has 216 valence electrons. The molecule has 2 fully saturated rings. The van der Waals surface area contributed by atoms with E-state index in [1.54, 1.807) is 34.9 Å². The normalized spacial score (nSPS) is 18.6. The minimum absolute atomic E-state index is 0.0590. The molecule has 6 heterocycles. The molecule has 13 heteroatoms. The van der Waals surface area contributed by atoms with Gasteiger partial charge in [0, 0.05) is 37.4 Å². The number of anilines is 1. The van der Waals surface area contributed by atoms with Crippen LogP contribution in [0.1, 0.15) is 24.8 Å². The predicted octanol–water partition coefficient (Wildman–Crippen LogP) is 3.51. The number of piperazine rings is 1. The fourth-order valence-corrected chi connectivity index (χ4v) is 6.52. The highest BCUT2D eigenvalue weighted by molar-refractivity contribution is 6.30. The first-order valence-electron chi connectivity index (χ1n) is 13.6. The molecular formula is C29H26ClF2N7O3. The fraction of sp³-hybridized carbons (Fsp3) is 0.310. The summed E-state index contributed by atoms with van der Waals surface area (Å²) in [5, 5.41) is 3.13. The summed E-state index contributed by atoms with van der Waals surface area (Å²) in [6.07, 6.45) is 6.17. The quantitative estimate of drug-likeness (QED) is 0.311. The number of benzene rings is 1. The summed E-state index contributed by atoms with van der Waals surface area (Å²) in [5.41, 5.74) is -0.310. The van der Waals surface area contributed by atoms with Crippen molar-refractivity contribution in [3.63, 3.8) is 0 Å². The van der Waals surface area contributed by atoms with Gasteiger partial charge < -0.3 is 15.0 Å². The zero-order valence-electron chi connectivity index (χ0n) is 22.6. The van der Waals surface area contributed by atoms with E-state index < -0.39 is 27.9 Å². The van der Waals surface area contributed by atoms with Crippen molar-refractivity contribution in [2.45, 2.75) is 37.9 Å². The Kier molecular flexibility index (Phi) is 6.47. The number of ether oxygens (including phenoxy) is 1. The van der Waals surface area contributed by atoms with E-state index in [1.165, 1.54) is 23.9 Å². The molecule has 2 aliphatic rings. The van der Waals surface area contributed by atoms with Crippen molar-refractivity contribution < 1.29 is 13.5 Å². The van der Waals surface area contributed by atoms with Crippen molar-refractivity contribution in [3.8, 4) is 11.7 Å². The maximum atomic E-state index is 14.4. The van der Waals surface area contributed by atoms with Gasteiger partial charge in [-0.25, -0.2) is 23.1 Å². The minimum atomic E-state index is -1.17. The third kappa shape index (κ3) is 4.16. The molecule has 0 spiro atoms. The molecule has 5 aromatic rings. The number of rotatable bonds is 5. The molecule has 0 aliphatic carbocycles. The van der Waals surface area contributed by atoms with Crippen LogP contribution in [0.25, 0.3) is 22.4 Å². The number of nitrogens with zero attached hydrogens (tertiary/aromatic N) is 6. The maximum Gasteiger partial charge on any atom is 0.337 e. The number of imidazole rings is 1. The van der Waals surface area contributed by atoms with E-state index in [-0.39, 0.29) is 46.8 Å². The first-order valence-corrected chi connectivity index (χ1v) is 14.0. The van der Waals surface area contributed by atoms with Gasteiger partial charge >= 0.3 is 5.69 Å². The number of nitrogens with one attached hydrogen (secondary N) is 1. The fourth-order valence-electron chi connectivity index (χ4n) is 6.29. The molecule has 2 aliphatic heterocycles. The largest absolute Gasteiger partial charge is 0.480 e. The van der Waals surface area contributed by atoms with Gasteiger partial charge in [-0.2, -0.15) is 4.98 Å². The van der Waals surface area contributed by atoms with Gasteiger partial charge in [-0.05, 0) is 49.1 Å². The van der Waals surface area contributed by atoms with Gasteiger partial charge in [0.15, 0.2) is 11.6 Å². The van der Waals surface area contributed by atoms with Crippen molar-refractivity contribution in [2.75, 3.05) is 25.1 Å². The Labute approximate surface area is 242 Å². The van der Waals surface area contributed by atoms with Crippen LogP contribution in [0.5, 0.6) is 5.88 Å². The van der Waals surface area contributed by atoms with Crippen LogP contribution >= 0.6 is 11.6 Å². The monoisotopic (exact) mass is 593 g/mol. The van der Waals surface area contributed by atoms with Gasteiger partial charge in [0.25, 0.3) is 5.56 Å². The smallest absolute Gasteiger partial charge is 0.337 e. The lowest BCUT2D eigenvalue weighted by Crippen LogP contribution is -2.60. The van der Waals surface area contributed by atoms with Crippen LogP contribution in [0.4, 0.5) is 14.6 Å². The molecule has 7 rings (SSSR count). The molecule has 1 N–H and O–H groups in total. The highest BCUT2D eigenvalue weighted by atomic mass is 35.5. The molecule has 0 amide bonds. The summed E-state index contributed by atoms with van der Waals surface area (Å²) in [7, 11) is 1.42. The molecule has 2 saturated heterocycles. The topological polar surface area (TPSA) is 98.7 Å². The van der Waals surface area contributed by atoms with Crippen molar-refractivity contribution >= 4 is 34.0 Å². The van der Waals surface area contributed by atoms with Crippen LogP contribution in [0, 0.1) is 11.6 Å². The van der Waals surface area contributed by atoms with Gasteiger partial charge in [-0.1, -0.05) is 17.7 Å². The summed E-state index contributed by atoms with van der Waals surface area (Å²) in [4.78, 5) is 39.8. The van der Waals surface area contributed by atoms with Crippen molar-refractivity contribution in [2.24, 2.45) is 0 Å². The Hall–Kier alpha value is -4.29. The van der Waals surface area contributed by atoms with E-state index in [0.29, 0.717) is 11.5 Å². The average Bonchev–Trinajstić information content (AvgIpc) is 3.40. The van der Waals surface area contributed by atoms with E-state index >= 15 is 0 Å². The van der Waals surface area contributed by atoms with E-state index in [4.69, 9.17) is 21.3 Å². The lowest BCUT2D eigenvalue weighted by molar-refractivity contribution is 0.309. The highest BCUT2D eigenvalue weighted by Gasteiger charge is 2.35. The van der Waals surface area contributed by atoms with Crippen molar-refractivity contribution in [1.82, 2.24) is 28.8 Å². The maximum absolute atomic E-state index is 14.4. The SMILES string of the molecule is COc1nc(N2[C@@H]3CCC[C@H]2CNC3)cc2c1c(=O)n(-c1cnc3ccccn13)c(=O)n2Cc1cc(F)c(F)c(Cl)c1. The number of hydrogen-bond donors (Lipinski definition) is 1. The number of fused-ring (bicyclic) bond motifs is 4. The van der Waals surface area contributed by atoms with Gasteiger partial charge in [0.05, 0.1) is 30.4 Å². The highest BCUT2D eigenvalue weighted by Crippen LogP contribution is 2.34. The second-order valence-electron chi connectivity index (χ2n) is 10.6. The first-order chi connectivity index (χ1) is 20.4. The summed E-state index contributed by atoms with van der Waals surface area (Å²) in [6, 6.07) is 9.65. The van der Waals surface area contributed by atoms with Gasteiger partial charge in [0.1, 0.15) is 22.7 Å². The third-order valence-electron chi connectivity index (χ3n) is 8.17. The molecule has 4 aromatic heterocycles. The summed E-state index contributed by atoms with van der Waals surface area (Å²) in [5.74, 6) is -1.46. The lowest BCUT2D eigenvalue weighted by Gasteiger charge is -2.47. The number of hydrogen-bond acceptors (Lipinski definition) is 7. The summed E-state index contributed by atoms with van der Waals surface area (Å²) in [6.45, 7) is 1.37. The van der Waals surface area contributed by atoms with E-state index in [2.05, 4.69) is 15.2 Å². The molecule has 0 unspecified atom stereocenters. The van der Waals surface area contributed by atoms with Gasteiger partial charge in [-0.15, -0.1) is 0 Å². The number of halogens is 3. The predicted molar refractivity (Wildman–Crippen MR) is 154 cm³/mol. The zero-order chi connectivity index (χ0) is 29.1. The van der Waals surface area contributed by atoms with E-state index in [0.717, 1.165) is 43.0 Å². The van der Waals surface area contributed by atoms with Crippen molar-refractivity contribution in [1.29, 1.82) is 0 Å². The van der Waals surface area contributed by atoms with Crippen LogP contribution in [-0.4, -0.2) is 55.8 Å². The Bertz CT molecular complexity index is 1940. The van der Waals surface area contributed by atoms with Crippen molar-refractivity contribution in [3.05, 3.63) is 91.9 Å². The standard InChI is InChI=1S/C29H26ClF2N7O3/c1-42-27-25-21(11-23(35-27)38-17-5-4-6-18(38)13-33-12-17)37(15-16-9-19(30)26(32)20(31)10-16)29(41)39(28(25)40)24-14-34-22-7-2-3-8-36(22)24/h2-3,7-11,14,17-18,33H,4-6,12-13,15H2,1H3/t17-,18+. The lowest BCUT2D eigenvalue weighted by atomic mass is 9.92. The first kappa shape index (κ1) is 26.6. The molecule has 2 bridgehead atoms.